The minimum atomic E-state index is -0.526. The van der Waals surface area contributed by atoms with E-state index in [4.69, 9.17) is 4.74 Å². The Balaban J connectivity index is 1.32. The number of hydrogen-bond donors (Lipinski definition) is 2. The first-order chi connectivity index (χ1) is 14.5. The van der Waals surface area contributed by atoms with Crippen molar-refractivity contribution < 1.29 is 9.53 Å². The van der Waals surface area contributed by atoms with E-state index in [1.165, 1.54) is 22.4 Å². The molecule has 0 radical (unpaired) electrons. The van der Waals surface area contributed by atoms with Crippen LogP contribution in [0.5, 0.6) is 5.75 Å². The molecule has 1 aromatic carbocycles. The number of carbonyl (C=O) groups excluding carboxylic acids is 1. The molecule has 30 heavy (non-hydrogen) atoms. The Bertz CT molecular complexity index is 1180. The Hall–Kier alpha value is -3.42. The minimum absolute atomic E-state index is 0.0751. The van der Waals surface area contributed by atoms with E-state index in [-0.39, 0.29) is 17.3 Å². The van der Waals surface area contributed by atoms with Gasteiger partial charge >= 0.3 is 5.69 Å². The van der Waals surface area contributed by atoms with Crippen LogP contribution in [0.15, 0.2) is 46.1 Å². The van der Waals surface area contributed by atoms with E-state index < -0.39 is 11.2 Å². The summed E-state index contributed by atoms with van der Waals surface area (Å²) in [5.41, 5.74) is 0.835. The number of H-pyrrole nitrogens is 1. The van der Waals surface area contributed by atoms with Gasteiger partial charge in [0.15, 0.2) is 0 Å². The van der Waals surface area contributed by atoms with E-state index in [0.29, 0.717) is 24.4 Å². The first kappa shape index (κ1) is 19.9. The number of carbonyl (C=O) groups is 1. The molecule has 0 aliphatic heterocycles. The lowest BCUT2D eigenvalue weighted by Crippen LogP contribution is -2.31. The van der Waals surface area contributed by atoms with Crippen LogP contribution in [0.1, 0.15) is 47.6 Å². The number of benzene rings is 1. The number of pyridine rings is 1. The highest BCUT2D eigenvalue weighted by molar-refractivity contribution is 5.96. The van der Waals surface area contributed by atoms with Gasteiger partial charge < -0.3 is 10.1 Å². The maximum Gasteiger partial charge on any atom is 0.330 e. The second-order valence-electron chi connectivity index (χ2n) is 7.58. The maximum absolute atomic E-state index is 12.4. The molecule has 2 aromatic heterocycles. The summed E-state index contributed by atoms with van der Waals surface area (Å²) in [6.45, 7) is 3.09. The second-order valence-corrected chi connectivity index (χ2v) is 7.58. The average molecular weight is 408 g/mol. The van der Waals surface area contributed by atoms with Crippen LogP contribution in [0.2, 0.25) is 0 Å². The number of rotatable bonds is 8. The quantitative estimate of drug-likeness (QED) is 0.557. The lowest BCUT2D eigenvalue weighted by atomic mass is 10.2. The summed E-state index contributed by atoms with van der Waals surface area (Å²) in [7, 11) is 0. The predicted octanol–water partition coefficient (Wildman–Crippen LogP) is 2.32. The first-order valence-electron chi connectivity index (χ1n) is 10.1. The molecule has 0 spiro atoms. The number of aromatic amines is 1. The van der Waals surface area contributed by atoms with Gasteiger partial charge in [0.25, 0.3) is 11.5 Å². The second kappa shape index (κ2) is 8.52. The van der Waals surface area contributed by atoms with Crippen LogP contribution in [-0.4, -0.2) is 33.6 Å². The summed E-state index contributed by atoms with van der Waals surface area (Å²) < 4.78 is 7.18. The van der Waals surface area contributed by atoms with E-state index in [9.17, 15) is 14.4 Å². The number of fused-ring (bicyclic) bond motifs is 1. The third kappa shape index (κ3) is 4.42. The summed E-state index contributed by atoms with van der Waals surface area (Å²) in [4.78, 5) is 43.2. The van der Waals surface area contributed by atoms with Crippen molar-refractivity contribution in [3.05, 3.63) is 68.5 Å². The van der Waals surface area contributed by atoms with Crippen molar-refractivity contribution in [2.24, 2.45) is 0 Å². The van der Waals surface area contributed by atoms with E-state index in [2.05, 4.69) is 15.3 Å². The van der Waals surface area contributed by atoms with Gasteiger partial charge in [-0.2, -0.15) is 0 Å². The smallest absolute Gasteiger partial charge is 0.330 e. The van der Waals surface area contributed by atoms with Crippen LogP contribution >= 0.6 is 0 Å². The van der Waals surface area contributed by atoms with Crippen molar-refractivity contribution in [1.29, 1.82) is 0 Å². The van der Waals surface area contributed by atoms with Gasteiger partial charge in [-0.1, -0.05) is 17.7 Å². The minimum Gasteiger partial charge on any atom is -0.494 e. The van der Waals surface area contributed by atoms with Crippen molar-refractivity contribution in [3.8, 4) is 5.75 Å². The molecule has 8 heteroatoms. The average Bonchev–Trinajstić information content (AvgIpc) is 3.56. The molecule has 0 unspecified atom stereocenters. The molecule has 0 atom stereocenters. The van der Waals surface area contributed by atoms with Gasteiger partial charge in [0.05, 0.1) is 17.6 Å². The molecule has 1 saturated carbocycles. The molecule has 3 aromatic rings. The van der Waals surface area contributed by atoms with Crippen LogP contribution < -0.4 is 21.3 Å². The number of amides is 1. The molecular formula is C22H24N4O4. The fourth-order valence-electron chi connectivity index (χ4n) is 3.29. The highest BCUT2D eigenvalue weighted by Gasteiger charge is 2.27. The Morgan fingerprint density at radius 2 is 2.00 bits per heavy atom. The van der Waals surface area contributed by atoms with Gasteiger partial charge in [0.2, 0.25) is 0 Å². The van der Waals surface area contributed by atoms with E-state index in [1.807, 2.05) is 31.2 Å². The fourth-order valence-corrected chi connectivity index (χ4v) is 3.29. The van der Waals surface area contributed by atoms with Crippen molar-refractivity contribution in [2.45, 2.75) is 38.6 Å². The SMILES string of the molecule is Cc1ccc(OCCCCNC(=O)c2cnc3c(c2)c(=O)[nH]c(=O)n3C2CC2)cc1. The maximum atomic E-state index is 12.4. The molecule has 1 amide bonds. The topological polar surface area (TPSA) is 106 Å². The van der Waals surface area contributed by atoms with Crippen LogP contribution in [-0.2, 0) is 0 Å². The molecular weight excluding hydrogens is 384 g/mol. The Kier molecular flexibility index (Phi) is 5.65. The summed E-state index contributed by atoms with van der Waals surface area (Å²) in [5.74, 6) is 0.536. The zero-order chi connectivity index (χ0) is 21.1. The highest BCUT2D eigenvalue weighted by atomic mass is 16.5. The van der Waals surface area contributed by atoms with E-state index in [0.717, 1.165) is 31.4 Å². The van der Waals surface area contributed by atoms with E-state index >= 15 is 0 Å². The number of aromatic nitrogens is 3. The summed E-state index contributed by atoms with van der Waals surface area (Å²) in [6.07, 6.45) is 4.75. The van der Waals surface area contributed by atoms with Crippen molar-refractivity contribution in [3.63, 3.8) is 0 Å². The van der Waals surface area contributed by atoms with Gasteiger partial charge in [0.1, 0.15) is 11.4 Å². The lowest BCUT2D eigenvalue weighted by Gasteiger charge is -2.09. The number of ether oxygens (including phenoxy) is 1. The number of aryl methyl sites for hydroxylation is 1. The Morgan fingerprint density at radius 1 is 1.23 bits per heavy atom. The highest BCUT2D eigenvalue weighted by Crippen LogP contribution is 2.34. The van der Waals surface area contributed by atoms with Crippen LogP contribution in [0, 0.1) is 6.92 Å². The van der Waals surface area contributed by atoms with Crippen molar-refractivity contribution in [2.75, 3.05) is 13.2 Å². The summed E-state index contributed by atoms with van der Waals surface area (Å²) in [6, 6.07) is 9.45. The van der Waals surface area contributed by atoms with Crippen LogP contribution in [0.25, 0.3) is 11.0 Å². The number of hydrogen-bond acceptors (Lipinski definition) is 5. The fraction of sp³-hybridized carbons (Fsp3) is 0.364. The normalized spacial score (nSPS) is 13.4. The molecule has 1 fully saturated rings. The third-order valence-electron chi connectivity index (χ3n) is 5.10. The predicted molar refractivity (Wildman–Crippen MR) is 113 cm³/mol. The van der Waals surface area contributed by atoms with Crippen molar-refractivity contribution in [1.82, 2.24) is 19.9 Å². The van der Waals surface area contributed by atoms with Crippen LogP contribution in [0.3, 0.4) is 0 Å². The molecule has 0 bridgehead atoms. The standard InChI is InChI=1S/C22H24N4O4/c1-14-4-8-17(9-5-14)30-11-3-2-10-23-20(27)15-12-18-19(24-13-15)26(16-6-7-16)22(29)25-21(18)28/h4-5,8-9,12-13,16H,2-3,6-7,10-11H2,1H3,(H,23,27)(H,25,28,29). The zero-order valence-electron chi connectivity index (χ0n) is 16.8. The third-order valence-corrected chi connectivity index (χ3v) is 5.10. The Labute approximate surface area is 172 Å². The molecule has 2 N–H and O–H groups in total. The molecule has 1 aliphatic rings. The molecule has 156 valence electrons. The monoisotopic (exact) mass is 408 g/mol. The number of nitrogens with one attached hydrogen (secondary N) is 2. The van der Waals surface area contributed by atoms with Crippen LogP contribution in [0.4, 0.5) is 0 Å². The summed E-state index contributed by atoms with van der Waals surface area (Å²) in [5, 5.41) is 3.09. The van der Waals surface area contributed by atoms with Crippen molar-refractivity contribution >= 4 is 16.9 Å². The molecule has 0 saturated heterocycles. The van der Waals surface area contributed by atoms with Gasteiger partial charge in [0, 0.05) is 18.8 Å². The summed E-state index contributed by atoms with van der Waals surface area (Å²) >= 11 is 0. The van der Waals surface area contributed by atoms with Gasteiger partial charge in [-0.05, 0) is 50.8 Å². The van der Waals surface area contributed by atoms with E-state index in [1.54, 1.807) is 0 Å². The molecule has 2 heterocycles. The van der Waals surface area contributed by atoms with Gasteiger partial charge in [-0.25, -0.2) is 9.78 Å². The molecule has 1 aliphatic carbocycles. The van der Waals surface area contributed by atoms with Gasteiger partial charge in [-0.15, -0.1) is 0 Å². The number of unbranched alkanes of at least 4 members (excludes halogenated alkanes) is 1. The lowest BCUT2D eigenvalue weighted by molar-refractivity contribution is 0.0952. The molecule has 8 nitrogen and oxygen atoms in total. The zero-order valence-corrected chi connectivity index (χ0v) is 16.8. The first-order valence-corrected chi connectivity index (χ1v) is 10.1. The largest absolute Gasteiger partial charge is 0.494 e. The Morgan fingerprint density at radius 3 is 2.73 bits per heavy atom. The molecule has 4 rings (SSSR count). The van der Waals surface area contributed by atoms with Gasteiger partial charge in [-0.3, -0.25) is 19.1 Å². The number of nitrogens with zero attached hydrogens (tertiary/aromatic N) is 2.